The first-order valence-corrected chi connectivity index (χ1v) is 8.81. The van der Waals surface area contributed by atoms with Gasteiger partial charge in [0.05, 0.1) is 12.7 Å². The first-order chi connectivity index (χ1) is 12.6. The summed E-state index contributed by atoms with van der Waals surface area (Å²) in [4.78, 5) is 30.8. The topological polar surface area (TPSA) is 71.5 Å². The number of benzene rings is 1. The van der Waals surface area contributed by atoms with Crippen LogP contribution in [0.1, 0.15) is 33.7 Å². The second-order valence-corrected chi connectivity index (χ2v) is 6.54. The minimum atomic E-state index is -0.223. The number of nitrogens with zero attached hydrogens (tertiary/aromatic N) is 2. The van der Waals surface area contributed by atoms with Crippen LogP contribution in [-0.2, 0) is 0 Å². The number of amides is 2. The number of pyridine rings is 1. The monoisotopic (exact) mass is 373 g/mol. The van der Waals surface area contributed by atoms with E-state index in [-0.39, 0.29) is 17.9 Å². The molecule has 0 bridgehead atoms. The number of aromatic nitrogens is 1. The van der Waals surface area contributed by atoms with Crippen LogP contribution >= 0.6 is 11.6 Å². The zero-order chi connectivity index (χ0) is 18.5. The quantitative estimate of drug-likeness (QED) is 0.894. The van der Waals surface area contributed by atoms with Crippen molar-refractivity contribution in [3.8, 4) is 5.75 Å². The van der Waals surface area contributed by atoms with Gasteiger partial charge in [0.15, 0.2) is 0 Å². The van der Waals surface area contributed by atoms with Crippen molar-refractivity contribution in [1.82, 2.24) is 15.2 Å². The molecule has 1 saturated heterocycles. The predicted octanol–water partition coefficient (Wildman–Crippen LogP) is 2.78. The second kappa shape index (κ2) is 8.19. The summed E-state index contributed by atoms with van der Waals surface area (Å²) in [5.41, 5.74) is 0.852. The summed E-state index contributed by atoms with van der Waals surface area (Å²) in [5, 5.41) is 3.48. The van der Waals surface area contributed by atoms with Gasteiger partial charge in [-0.3, -0.25) is 14.6 Å². The molecule has 0 spiro atoms. The summed E-state index contributed by atoms with van der Waals surface area (Å²) >= 11 is 5.99. The molecule has 7 heteroatoms. The lowest BCUT2D eigenvalue weighted by molar-refractivity contribution is 0.0692. The highest BCUT2D eigenvalue weighted by atomic mass is 35.5. The van der Waals surface area contributed by atoms with Crippen LogP contribution in [0, 0.1) is 0 Å². The molecule has 26 heavy (non-hydrogen) atoms. The maximum atomic E-state index is 12.5. The highest BCUT2D eigenvalue weighted by molar-refractivity contribution is 6.31. The molecule has 1 aliphatic rings. The van der Waals surface area contributed by atoms with Gasteiger partial charge < -0.3 is 15.0 Å². The third kappa shape index (κ3) is 4.14. The van der Waals surface area contributed by atoms with Gasteiger partial charge in [0.2, 0.25) is 0 Å². The highest BCUT2D eigenvalue weighted by Crippen LogP contribution is 2.23. The second-order valence-electron chi connectivity index (χ2n) is 6.10. The number of rotatable bonds is 4. The Labute approximate surface area is 157 Å². The Kier molecular flexibility index (Phi) is 5.73. The zero-order valence-electron chi connectivity index (χ0n) is 14.4. The lowest BCUT2D eigenvalue weighted by Crippen LogP contribution is -2.46. The van der Waals surface area contributed by atoms with Gasteiger partial charge in [0.1, 0.15) is 11.4 Å². The van der Waals surface area contributed by atoms with E-state index >= 15 is 0 Å². The molecule has 1 aliphatic heterocycles. The van der Waals surface area contributed by atoms with Crippen LogP contribution in [0.15, 0.2) is 42.6 Å². The number of likely N-dealkylation sites (tertiary alicyclic amines) is 1. The first-order valence-electron chi connectivity index (χ1n) is 8.43. The van der Waals surface area contributed by atoms with E-state index in [2.05, 4.69) is 10.3 Å². The molecule has 1 fully saturated rings. The van der Waals surface area contributed by atoms with Crippen LogP contribution < -0.4 is 10.1 Å². The number of methoxy groups -OCH3 is 1. The fraction of sp³-hybridized carbons (Fsp3) is 0.316. The Morgan fingerprint density at radius 2 is 2.00 bits per heavy atom. The molecule has 136 valence electrons. The van der Waals surface area contributed by atoms with Crippen molar-refractivity contribution in [3.63, 3.8) is 0 Å². The molecule has 1 N–H and O–H groups in total. The van der Waals surface area contributed by atoms with E-state index in [1.54, 1.807) is 47.5 Å². The van der Waals surface area contributed by atoms with Crippen LogP contribution in [0.25, 0.3) is 0 Å². The van der Waals surface area contributed by atoms with Crippen molar-refractivity contribution in [2.75, 3.05) is 20.2 Å². The number of halogens is 1. The van der Waals surface area contributed by atoms with Crippen molar-refractivity contribution in [3.05, 3.63) is 58.9 Å². The highest BCUT2D eigenvalue weighted by Gasteiger charge is 2.26. The molecule has 1 aromatic heterocycles. The fourth-order valence-corrected chi connectivity index (χ4v) is 3.17. The van der Waals surface area contributed by atoms with Gasteiger partial charge in [-0.05, 0) is 43.2 Å². The van der Waals surface area contributed by atoms with Crippen molar-refractivity contribution in [2.45, 2.75) is 18.9 Å². The summed E-state index contributed by atoms with van der Waals surface area (Å²) in [6, 6.07) is 10.2. The van der Waals surface area contributed by atoms with E-state index < -0.39 is 0 Å². The summed E-state index contributed by atoms with van der Waals surface area (Å²) in [6.07, 6.45) is 2.99. The molecule has 1 aromatic carbocycles. The fourth-order valence-electron chi connectivity index (χ4n) is 3.00. The van der Waals surface area contributed by atoms with Gasteiger partial charge in [-0.2, -0.15) is 0 Å². The first kappa shape index (κ1) is 18.2. The number of piperidine rings is 1. The van der Waals surface area contributed by atoms with E-state index in [4.69, 9.17) is 16.3 Å². The van der Waals surface area contributed by atoms with Gasteiger partial charge in [-0.25, -0.2) is 0 Å². The Balaban J connectivity index is 1.58. The molecule has 2 heterocycles. The minimum absolute atomic E-state index is 0.000953. The number of carbonyl (C=O) groups excluding carboxylic acids is 2. The SMILES string of the molecule is COc1ccc(Cl)cc1C(=O)NC1CCN(C(=O)c2ccccn2)CC1. The Morgan fingerprint density at radius 1 is 1.23 bits per heavy atom. The predicted molar refractivity (Wildman–Crippen MR) is 98.6 cm³/mol. The van der Waals surface area contributed by atoms with Crippen LogP contribution in [0.2, 0.25) is 5.02 Å². The molecule has 2 amide bonds. The standard InChI is InChI=1S/C19H20ClN3O3/c1-26-17-6-5-13(20)12-15(17)18(24)22-14-7-10-23(11-8-14)19(25)16-4-2-3-9-21-16/h2-6,9,12,14H,7-8,10-11H2,1H3,(H,22,24). The van der Waals surface area contributed by atoms with E-state index in [0.717, 1.165) is 0 Å². The van der Waals surface area contributed by atoms with E-state index in [1.807, 2.05) is 0 Å². The van der Waals surface area contributed by atoms with E-state index in [1.165, 1.54) is 7.11 Å². The molecule has 0 aliphatic carbocycles. The maximum absolute atomic E-state index is 12.5. The van der Waals surface area contributed by atoms with Crippen LogP contribution in [0.3, 0.4) is 0 Å². The lowest BCUT2D eigenvalue weighted by atomic mass is 10.0. The number of hydrogen-bond donors (Lipinski definition) is 1. The molecule has 0 radical (unpaired) electrons. The Morgan fingerprint density at radius 3 is 2.65 bits per heavy atom. The van der Waals surface area contributed by atoms with Gasteiger partial charge >= 0.3 is 0 Å². The molecular formula is C19H20ClN3O3. The molecule has 0 unspecified atom stereocenters. The molecule has 3 rings (SSSR count). The van der Waals surface area contributed by atoms with Gasteiger partial charge in [0, 0.05) is 30.4 Å². The third-order valence-corrected chi connectivity index (χ3v) is 4.64. The van der Waals surface area contributed by atoms with Crippen LogP contribution in [-0.4, -0.2) is 47.9 Å². The Hall–Kier alpha value is -2.60. The lowest BCUT2D eigenvalue weighted by Gasteiger charge is -2.32. The van der Waals surface area contributed by atoms with Gasteiger partial charge in [0.25, 0.3) is 11.8 Å². The van der Waals surface area contributed by atoms with Crippen molar-refractivity contribution in [1.29, 1.82) is 0 Å². The summed E-state index contributed by atoms with van der Waals surface area (Å²) in [7, 11) is 1.52. The van der Waals surface area contributed by atoms with Crippen molar-refractivity contribution >= 4 is 23.4 Å². The summed E-state index contributed by atoms with van der Waals surface area (Å²) in [5.74, 6) is 0.181. The summed E-state index contributed by atoms with van der Waals surface area (Å²) < 4.78 is 5.23. The van der Waals surface area contributed by atoms with Crippen LogP contribution in [0.5, 0.6) is 5.75 Å². The average molecular weight is 374 g/mol. The number of ether oxygens (including phenoxy) is 1. The Bertz CT molecular complexity index is 790. The van der Waals surface area contributed by atoms with Gasteiger partial charge in [-0.15, -0.1) is 0 Å². The maximum Gasteiger partial charge on any atom is 0.272 e. The molecule has 6 nitrogen and oxygen atoms in total. The zero-order valence-corrected chi connectivity index (χ0v) is 15.2. The molecular weight excluding hydrogens is 354 g/mol. The smallest absolute Gasteiger partial charge is 0.272 e. The number of nitrogens with one attached hydrogen (secondary N) is 1. The largest absolute Gasteiger partial charge is 0.496 e. The van der Waals surface area contributed by atoms with Crippen molar-refractivity contribution < 1.29 is 14.3 Å². The number of hydrogen-bond acceptors (Lipinski definition) is 4. The minimum Gasteiger partial charge on any atom is -0.496 e. The molecule has 2 aromatic rings. The average Bonchev–Trinajstić information content (AvgIpc) is 2.68. The van der Waals surface area contributed by atoms with Gasteiger partial charge in [-0.1, -0.05) is 17.7 Å². The van der Waals surface area contributed by atoms with Crippen LogP contribution in [0.4, 0.5) is 0 Å². The van der Waals surface area contributed by atoms with E-state index in [0.29, 0.717) is 48.0 Å². The van der Waals surface area contributed by atoms with E-state index in [9.17, 15) is 9.59 Å². The molecule has 0 saturated carbocycles. The number of carbonyl (C=O) groups is 2. The molecule has 0 atom stereocenters. The van der Waals surface area contributed by atoms with Crippen molar-refractivity contribution in [2.24, 2.45) is 0 Å². The normalized spacial score (nSPS) is 14.8. The summed E-state index contributed by atoms with van der Waals surface area (Å²) in [6.45, 7) is 1.15. The third-order valence-electron chi connectivity index (χ3n) is 4.41.